The van der Waals surface area contributed by atoms with E-state index >= 15 is 0 Å². The third-order valence-electron chi connectivity index (χ3n) is 3.36. The van der Waals surface area contributed by atoms with Gasteiger partial charge in [-0.2, -0.15) is 10.1 Å². The van der Waals surface area contributed by atoms with Crippen LogP contribution in [-0.2, 0) is 0 Å². The summed E-state index contributed by atoms with van der Waals surface area (Å²) in [5.41, 5.74) is 2.14. The minimum Gasteiger partial charge on any atom is -0.497 e. The first kappa shape index (κ1) is 13.3. The molecule has 0 amide bonds. The van der Waals surface area contributed by atoms with Crippen molar-refractivity contribution in [3.8, 4) is 40.2 Å². The summed E-state index contributed by atoms with van der Waals surface area (Å²) in [4.78, 5) is 4.38. The van der Waals surface area contributed by atoms with Crippen LogP contribution in [0.15, 0.2) is 57.7 Å². The van der Waals surface area contributed by atoms with Gasteiger partial charge < -0.3 is 13.7 Å². The highest BCUT2D eigenvalue weighted by molar-refractivity contribution is 5.62. The Labute approximate surface area is 130 Å². The number of ether oxygens (including phenoxy) is 1. The molecule has 3 aromatic heterocycles. The summed E-state index contributed by atoms with van der Waals surface area (Å²) >= 11 is 0. The fourth-order valence-electron chi connectivity index (χ4n) is 2.17. The molecule has 0 unspecified atom stereocenters. The monoisotopic (exact) mass is 308 g/mol. The number of methoxy groups -OCH3 is 1. The first-order valence-electron chi connectivity index (χ1n) is 6.91. The average Bonchev–Trinajstić information content (AvgIpc) is 3.34. The molecule has 0 spiro atoms. The molecule has 0 atom stereocenters. The summed E-state index contributed by atoms with van der Waals surface area (Å²) in [7, 11) is 1.62. The molecule has 7 nitrogen and oxygen atoms in total. The number of benzene rings is 1. The lowest BCUT2D eigenvalue weighted by molar-refractivity contribution is 0.414. The molecular weight excluding hydrogens is 296 g/mol. The van der Waals surface area contributed by atoms with E-state index in [2.05, 4.69) is 20.3 Å². The predicted octanol–water partition coefficient (Wildman–Crippen LogP) is 3.40. The number of furan rings is 1. The zero-order valence-electron chi connectivity index (χ0n) is 12.2. The zero-order valence-corrected chi connectivity index (χ0v) is 12.2. The maximum absolute atomic E-state index is 5.30. The van der Waals surface area contributed by atoms with Gasteiger partial charge in [0, 0.05) is 11.6 Å². The van der Waals surface area contributed by atoms with Gasteiger partial charge in [0.2, 0.25) is 5.82 Å². The second kappa shape index (κ2) is 5.45. The fraction of sp³-hybridized carbons (Fsp3) is 0.0625. The number of hydrogen-bond acceptors (Lipinski definition) is 6. The van der Waals surface area contributed by atoms with Gasteiger partial charge in [0.05, 0.1) is 13.4 Å². The Morgan fingerprint density at radius 1 is 1.13 bits per heavy atom. The van der Waals surface area contributed by atoms with Crippen LogP contribution < -0.4 is 4.74 Å². The molecule has 114 valence electrons. The van der Waals surface area contributed by atoms with Crippen LogP contribution in [0.1, 0.15) is 0 Å². The van der Waals surface area contributed by atoms with E-state index < -0.39 is 0 Å². The minimum atomic E-state index is 0.362. The molecule has 7 heteroatoms. The van der Waals surface area contributed by atoms with Crippen molar-refractivity contribution < 1.29 is 13.7 Å². The maximum atomic E-state index is 5.30. The van der Waals surface area contributed by atoms with E-state index in [4.69, 9.17) is 13.7 Å². The molecule has 1 aromatic carbocycles. The van der Waals surface area contributed by atoms with Gasteiger partial charge in [0.1, 0.15) is 17.1 Å². The van der Waals surface area contributed by atoms with E-state index in [0.29, 0.717) is 28.9 Å². The van der Waals surface area contributed by atoms with Crippen molar-refractivity contribution in [2.24, 2.45) is 0 Å². The highest BCUT2D eigenvalue weighted by Crippen LogP contribution is 2.25. The zero-order chi connectivity index (χ0) is 15.6. The highest BCUT2D eigenvalue weighted by Gasteiger charge is 2.14. The van der Waals surface area contributed by atoms with Crippen LogP contribution in [0.25, 0.3) is 34.4 Å². The molecule has 0 aliphatic rings. The first-order valence-corrected chi connectivity index (χ1v) is 6.91. The predicted molar refractivity (Wildman–Crippen MR) is 81.6 cm³/mol. The lowest BCUT2D eigenvalue weighted by Crippen LogP contribution is -1.84. The Morgan fingerprint density at radius 3 is 2.74 bits per heavy atom. The van der Waals surface area contributed by atoms with Gasteiger partial charge in [-0.15, -0.1) is 0 Å². The largest absolute Gasteiger partial charge is 0.497 e. The van der Waals surface area contributed by atoms with Gasteiger partial charge in [0.25, 0.3) is 5.89 Å². The van der Waals surface area contributed by atoms with Gasteiger partial charge in [0.15, 0.2) is 5.76 Å². The van der Waals surface area contributed by atoms with Crippen LogP contribution in [0.2, 0.25) is 0 Å². The maximum Gasteiger partial charge on any atom is 0.276 e. The van der Waals surface area contributed by atoms with Crippen LogP contribution >= 0.6 is 0 Å². The van der Waals surface area contributed by atoms with Gasteiger partial charge in [-0.25, -0.2) is 0 Å². The number of aromatic amines is 1. The molecular formula is C16H12N4O3. The molecule has 0 bridgehead atoms. The Kier molecular flexibility index (Phi) is 3.16. The molecule has 0 aliphatic heterocycles. The summed E-state index contributed by atoms with van der Waals surface area (Å²) < 4.78 is 15.7. The molecule has 23 heavy (non-hydrogen) atoms. The molecule has 0 radical (unpaired) electrons. The molecule has 3 heterocycles. The number of nitrogens with zero attached hydrogens (tertiary/aromatic N) is 3. The standard InChI is InChI=1S/C16H12N4O3/c1-21-11-6-4-10(5-7-11)15-17-16(23-20-15)13-9-12(18-19-13)14-3-2-8-22-14/h2-9H,1H3,(H,18,19). The van der Waals surface area contributed by atoms with Crippen molar-refractivity contribution in [2.75, 3.05) is 7.11 Å². The van der Waals surface area contributed by atoms with Crippen molar-refractivity contribution in [3.63, 3.8) is 0 Å². The Morgan fingerprint density at radius 2 is 2.00 bits per heavy atom. The highest BCUT2D eigenvalue weighted by atomic mass is 16.5. The topological polar surface area (TPSA) is 90.0 Å². The second-order valence-electron chi connectivity index (χ2n) is 4.80. The quantitative estimate of drug-likeness (QED) is 0.621. The molecule has 1 N–H and O–H groups in total. The van der Waals surface area contributed by atoms with Crippen molar-refractivity contribution in [3.05, 3.63) is 48.7 Å². The van der Waals surface area contributed by atoms with Gasteiger partial charge >= 0.3 is 0 Å². The lowest BCUT2D eigenvalue weighted by Gasteiger charge is -1.98. The SMILES string of the molecule is COc1ccc(-c2noc(-c3cc(-c4ccco4)n[nH]3)n2)cc1. The van der Waals surface area contributed by atoms with Crippen LogP contribution in [0.5, 0.6) is 5.75 Å². The van der Waals surface area contributed by atoms with Gasteiger partial charge in [-0.3, -0.25) is 5.10 Å². The molecule has 4 rings (SSSR count). The lowest BCUT2D eigenvalue weighted by atomic mass is 10.2. The summed E-state index contributed by atoms with van der Waals surface area (Å²) in [5.74, 6) is 2.30. The Bertz CT molecular complexity index is 907. The first-order chi connectivity index (χ1) is 11.3. The van der Waals surface area contributed by atoms with E-state index in [-0.39, 0.29) is 0 Å². The number of nitrogens with one attached hydrogen (secondary N) is 1. The average molecular weight is 308 g/mol. The molecule has 0 saturated carbocycles. The normalized spacial score (nSPS) is 10.8. The van der Waals surface area contributed by atoms with E-state index in [1.54, 1.807) is 25.5 Å². The Balaban J connectivity index is 1.62. The molecule has 0 fully saturated rings. The van der Waals surface area contributed by atoms with E-state index in [1.807, 2.05) is 30.3 Å². The number of hydrogen-bond donors (Lipinski definition) is 1. The molecule has 0 aliphatic carbocycles. The third-order valence-corrected chi connectivity index (χ3v) is 3.36. The van der Waals surface area contributed by atoms with Crippen LogP contribution in [0.4, 0.5) is 0 Å². The third kappa shape index (κ3) is 2.48. The Hall–Kier alpha value is -3.35. The van der Waals surface area contributed by atoms with Gasteiger partial charge in [-0.05, 0) is 36.4 Å². The van der Waals surface area contributed by atoms with Crippen molar-refractivity contribution in [2.45, 2.75) is 0 Å². The number of H-pyrrole nitrogens is 1. The summed E-state index contributed by atoms with van der Waals surface area (Å²) in [5, 5.41) is 11.0. The fourth-order valence-corrected chi connectivity index (χ4v) is 2.17. The van der Waals surface area contributed by atoms with Crippen LogP contribution in [0.3, 0.4) is 0 Å². The number of rotatable bonds is 4. The van der Waals surface area contributed by atoms with Crippen LogP contribution in [0, 0.1) is 0 Å². The molecule has 4 aromatic rings. The minimum absolute atomic E-state index is 0.362. The van der Waals surface area contributed by atoms with Gasteiger partial charge in [-0.1, -0.05) is 5.16 Å². The van der Waals surface area contributed by atoms with Crippen LogP contribution in [-0.4, -0.2) is 27.4 Å². The van der Waals surface area contributed by atoms with Crippen molar-refractivity contribution in [1.29, 1.82) is 0 Å². The summed E-state index contributed by atoms with van der Waals surface area (Å²) in [6, 6.07) is 12.9. The van der Waals surface area contributed by atoms with Crippen molar-refractivity contribution in [1.82, 2.24) is 20.3 Å². The van der Waals surface area contributed by atoms with E-state index in [9.17, 15) is 0 Å². The van der Waals surface area contributed by atoms with E-state index in [0.717, 1.165) is 11.3 Å². The smallest absolute Gasteiger partial charge is 0.276 e. The van der Waals surface area contributed by atoms with E-state index in [1.165, 1.54) is 0 Å². The second-order valence-corrected chi connectivity index (χ2v) is 4.80. The number of aromatic nitrogens is 4. The summed E-state index contributed by atoms with van der Waals surface area (Å²) in [6.45, 7) is 0. The summed E-state index contributed by atoms with van der Waals surface area (Å²) in [6.07, 6.45) is 1.60. The molecule has 0 saturated heterocycles. The van der Waals surface area contributed by atoms with Crippen molar-refractivity contribution >= 4 is 0 Å².